The lowest BCUT2D eigenvalue weighted by Crippen LogP contribution is -2.50. The number of benzene rings is 1. The first-order valence-electron chi connectivity index (χ1n) is 9.21. The number of halogens is 1. The molecule has 0 aliphatic carbocycles. The summed E-state index contributed by atoms with van der Waals surface area (Å²) in [5.41, 5.74) is 6.76. The molecule has 2 heterocycles. The minimum atomic E-state index is -0.488. The number of hydrogen-bond acceptors (Lipinski definition) is 5. The van der Waals surface area contributed by atoms with E-state index in [0.29, 0.717) is 49.1 Å². The lowest BCUT2D eigenvalue weighted by molar-refractivity contribution is -0.123. The molecule has 1 fully saturated rings. The van der Waals surface area contributed by atoms with E-state index >= 15 is 0 Å². The van der Waals surface area contributed by atoms with Gasteiger partial charge in [-0.15, -0.1) is 0 Å². The van der Waals surface area contributed by atoms with Gasteiger partial charge in [0, 0.05) is 37.4 Å². The normalized spacial score (nSPS) is 15.9. The molecule has 3 N–H and O–H groups in total. The maximum absolute atomic E-state index is 12.4. The van der Waals surface area contributed by atoms with Gasteiger partial charge in [-0.05, 0) is 30.7 Å². The summed E-state index contributed by atoms with van der Waals surface area (Å²) in [5.74, 6) is 0.0708. The molecule has 0 radical (unpaired) electrons. The Hall–Kier alpha value is -2.64. The summed E-state index contributed by atoms with van der Waals surface area (Å²) in [6.07, 6.45) is 1.65. The van der Waals surface area contributed by atoms with Crippen molar-refractivity contribution in [2.45, 2.75) is 13.0 Å². The molecule has 2 aromatic rings. The molecule has 28 heavy (non-hydrogen) atoms. The van der Waals surface area contributed by atoms with Crippen molar-refractivity contribution in [2.75, 3.05) is 37.6 Å². The highest BCUT2D eigenvalue weighted by atomic mass is 35.5. The van der Waals surface area contributed by atoms with Crippen LogP contribution in [0.3, 0.4) is 0 Å². The lowest BCUT2D eigenvalue weighted by atomic mass is 10.1. The van der Waals surface area contributed by atoms with Crippen molar-refractivity contribution in [1.82, 2.24) is 15.2 Å². The van der Waals surface area contributed by atoms with E-state index in [1.807, 2.05) is 36.1 Å². The Balaban J connectivity index is 1.52. The van der Waals surface area contributed by atoms with E-state index in [9.17, 15) is 9.59 Å². The summed E-state index contributed by atoms with van der Waals surface area (Å²) in [4.78, 5) is 32.4. The first-order valence-corrected chi connectivity index (χ1v) is 9.59. The molecule has 1 aliphatic rings. The first-order chi connectivity index (χ1) is 13.5. The average molecular weight is 402 g/mol. The average Bonchev–Trinajstić information content (AvgIpc) is 2.68. The third-order valence-electron chi connectivity index (χ3n) is 4.84. The van der Waals surface area contributed by atoms with Gasteiger partial charge in [0.05, 0.1) is 18.2 Å². The molecule has 0 bridgehead atoms. The van der Waals surface area contributed by atoms with Gasteiger partial charge in [0.25, 0.3) is 5.91 Å². The number of carbonyl (C=O) groups is 2. The molecule has 3 rings (SSSR count). The molecule has 0 saturated carbocycles. The Morgan fingerprint density at radius 2 is 1.89 bits per heavy atom. The van der Waals surface area contributed by atoms with Crippen LogP contribution in [-0.4, -0.2) is 54.4 Å². The molecule has 1 atom stereocenters. The second-order valence-corrected chi connectivity index (χ2v) is 7.22. The van der Waals surface area contributed by atoms with Gasteiger partial charge < -0.3 is 16.0 Å². The van der Waals surface area contributed by atoms with Gasteiger partial charge in [-0.3, -0.25) is 14.5 Å². The van der Waals surface area contributed by atoms with Crippen molar-refractivity contribution in [2.24, 2.45) is 5.73 Å². The van der Waals surface area contributed by atoms with Gasteiger partial charge in [0.1, 0.15) is 5.82 Å². The second kappa shape index (κ2) is 9.03. The maximum Gasteiger partial charge on any atom is 0.252 e. The Bertz CT molecular complexity index is 852. The van der Waals surface area contributed by atoms with Crippen molar-refractivity contribution < 1.29 is 9.59 Å². The number of aromatic nitrogens is 1. The SMILES string of the molecule is CC(NC(=O)CN1CCN(c2ncccc2C(N)=O)CC1)c1ccccc1Cl. The molecule has 7 nitrogen and oxygen atoms in total. The van der Waals surface area contributed by atoms with Crippen LogP contribution in [-0.2, 0) is 4.79 Å². The Morgan fingerprint density at radius 3 is 2.57 bits per heavy atom. The third-order valence-corrected chi connectivity index (χ3v) is 5.18. The zero-order chi connectivity index (χ0) is 20.1. The molecular formula is C20H24ClN5O2. The number of primary amides is 1. The van der Waals surface area contributed by atoms with Crippen LogP contribution >= 0.6 is 11.6 Å². The van der Waals surface area contributed by atoms with E-state index in [4.69, 9.17) is 17.3 Å². The summed E-state index contributed by atoms with van der Waals surface area (Å²) in [6.45, 7) is 4.97. The standard InChI is InChI=1S/C20H24ClN5O2/c1-14(15-5-2-3-7-17(15)21)24-18(27)13-25-9-11-26(12-10-25)20-16(19(22)28)6-4-8-23-20/h2-8,14H,9-13H2,1H3,(H2,22,28)(H,24,27). The number of amides is 2. The number of carbonyl (C=O) groups excluding carboxylic acids is 2. The van der Waals surface area contributed by atoms with Crippen LogP contribution in [0.15, 0.2) is 42.6 Å². The van der Waals surface area contributed by atoms with Gasteiger partial charge >= 0.3 is 0 Å². The highest BCUT2D eigenvalue weighted by Gasteiger charge is 2.23. The second-order valence-electron chi connectivity index (χ2n) is 6.81. The van der Waals surface area contributed by atoms with E-state index in [2.05, 4.69) is 15.2 Å². The van der Waals surface area contributed by atoms with Gasteiger partial charge in [-0.25, -0.2) is 4.98 Å². The zero-order valence-corrected chi connectivity index (χ0v) is 16.5. The van der Waals surface area contributed by atoms with Crippen LogP contribution < -0.4 is 16.0 Å². The van der Waals surface area contributed by atoms with Gasteiger partial charge in [-0.2, -0.15) is 0 Å². The fourth-order valence-electron chi connectivity index (χ4n) is 3.35. The third kappa shape index (κ3) is 4.79. The van der Waals surface area contributed by atoms with Gasteiger partial charge in [0.15, 0.2) is 0 Å². The van der Waals surface area contributed by atoms with Crippen LogP contribution in [0.4, 0.5) is 5.82 Å². The van der Waals surface area contributed by atoms with Crippen LogP contribution in [0.5, 0.6) is 0 Å². The minimum Gasteiger partial charge on any atom is -0.365 e. The summed E-state index contributed by atoms with van der Waals surface area (Å²) in [6, 6.07) is 10.7. The summed E-state index contributed by atoms with van der Waals surface area (Å²) >= 11 is 6.20. The minimum absolute atomic E-state index is 0.0449. The van der Waals surface area contributed by atoms with Crippen LogP contribution in [0, 0.1) is 0 Å². The smallest absolute Gasteiger partial charge is 0.252 e. The summed E-state index contributed by atoms with van der Waals surface area (Å²) < 4.78 is 0. The largest absolute Gasteiger partial charge is 0.365 e. The molecular weight excluding hydrogens is 378 g/mol. The van der Waals surface area contributed by atoms with Crippen LogP contribution in [0.25, 0.3) is 0 Å². The van der Waals surface area contributed by atoms with Crippen LogP contribution in [0.2, 0.25) is 5.02 Å². The fourth-order valence-corrected chi connectivity index (χ4v) is 3.65. The molecule has 8 heteroatoms. The molecule has 1 aromatic heterocycles. The van der Waals surface area contributed by atoms with Crippen molar-refractivity contribution in [3.63, 3.8) is 0 Å². The van der Waals surface area contributed by atoms with Crippen molar-refractivity contribution in [3.05, 3.63) is 58.7 Å². The summed E-state index contributed by atoms with van der Waals surface area (Å²) in [7, 11) is 0. The maximum atomic E-state index is 12.4. The fraction of sp³-hybridized carbons (Fsp3) is 0.350. The molecule has 1 saturated heterocycles. The van der Waals surface area contributed by atoms with E-state index in [0.717, 1.165) is 5.56 Å². The first kappa shape index (κ1) is 20.1. The van der Waals surface area contributed by atoms with Gasteiger partial charge in [0.2, 0.25) is 5.91 Å². The summed E-state index contributed by atoms with van der Waals surface area (Å²) in [5, 5.41) is 3.64. The molecule has 2 amide bonds. The Labute approximate surface area is 169 Å². The molecule has 1 aliphatic heterocycles. The Kier molecular flexibility index (Phi) is 6.49. The molecule has 1 unspecified atom stereocenters. The van der Waals surface area contributed by atoms with E-state index in [1.54, 1.807) is 18.3 Å². The Morgan fingerprint density at radius 1 is 1.18 bits per heavy atom. The van der Waals surface area contributed by atoms with Crippen molar-refractivity contribution in [3.8, 4) is 0 Å². The topological polar surface area (TPSA) is 91.6 Å². The lowest BCUT2D eigenvalue weighted by Gasteiger charge is -2.35. The highest BCUT2D eigenvalue weighted by Crippen LogP contribution is 2.22. The monoisotopic (exact) mass is 401 g/mol. The van der Waals surface area contributed by atoms with E-state index in [-0.39, 0.29) is 11.9 Å². The number of piperazine rings is 1. The predicted molar refractivity (Wildman–Crippen MR) is 109 cm³/mol. The molecule has 148 valence electrons. The number of pyridine rings is 1. The van der Waals surface area contributed by atoms with Gasteiger partial charge in [-0.1, -0.05) is 29.8 Å². The predicted octanol–water partition coefficient (Wildman–Crippen LogP) is 1.83. The number of nitrogens with zero attached hydrogens (tertiary/aromatic N) is 3. The van der Waals surface area contributed by atoms with Crippen molar-refractivity contribution >= 4 is 29.2 Å². The number of anilines is 1. The molecule has 0 spiro atoms. The number of nitrogens with one attached hydrogen (secondary N) is 1. The highest BCUT2D eigenvalue weighted by molar-refractivity contribution is 6.31. The quantitative estimate of drug-likeness (QED) is 0.770. The molecule has 1 aromatic carbocycles. The number of nitrogens with two attached hydrogens (primary N) is 1. The zero-order valence-electron chi connectivity index (χ0n) is 15.8. The van der Waals surface area contributed by atoms with Crippen molar-refractivity contribution in [1.29, 1.82) is 0 Å². The number of hydrogen-bond donors (Lipinski definition) is 2. The van der Waals surface area contributed by atoms with Crippen LogP contribution in [0.1, 0.15) is 28.9 Å². The number of rotatable bonds is 6. The van der Waals surface area contributed by atoms with E-state index in [1.165, 1.54) is 0 Å². The van der Waals surface area contributed by atoms with E-state index < -0.39 is 5.91 Å².